The summed E-state index contributed by atoms with van der Waals surface area (Å²) in [5.41, 5.74) is 3.76. The Hall–Kier alpha value is -4.03. The van der Waals surface area contributed by atoms with Gasteiger partial charge in [-0.2, -0.15) is 5.26 Å². The van der Waals surface area contributed by atoms with Gasteiger partial charge in [-0.1, -0.05) is 32.9 Å². The van der Waals surface area contributed by atoms with Gasteiger partial charge in [-0.25, -0.2) is 14.4 Å². The third-order valence-corrected chi connectivity index (χ3v) is 7.57. The Labute approximate surface area is 227 Å². The van der Waals surface area contributed by atoms with E-state index >= 15 is 0 Å². The molecule has 0 amide bonds. The molecule has 4 heterocycles. The molecule has 4 aromatic rings. The van der Waals surface area contributed by atoms with Gasteiger partial charge in [-0.05, 0) is 43.7 Å². The summed E-state index contributed by atoms with van der Waals surface area (Å²) in [5, 5.41) is 9.46. The predicted octanol–water partition coefficient (Wildman–Crippen LogP) is 4.92. The quantitative estimate of drug-likeness (QED) is 0.371. The Morgan fingerprint density at radius 3 is 2.44 bits per heavy atom. The molecule has 1 fully saturated rings. The third-order valence-electron chi connectivity index (χ3n) is 7.57. The minimum Gasteiger partial charge on any atom is -0.447 e. The highest BCUT2D eigenvalue weighted by Gasteiger charge is 2.38. The first-order valence-corrected chi connectivity index (χ1v) is 13.1. The van der Waals surface area contributed by atoms with Gasteiger partial charge in [-0.3, -0.25) is 9.69 Å². The number of aryl methyl sites for hydroxylation is 1. The fraction of sp³-hybridized carbons (Fsp3) is 0.400. The SMILES string of the molecule is C[C@@H]1CN(c2cc(=O)n(C)c3ccc(C#N)nc23)[C@@H](C)CN1[C@H](c1ccc(F)cc1)c1nc(C(C)(C)C)co1. The Kier molecular flexibility index (Phi) is 6.77. The van der Waals surface area contributed by atoms with Crippen molar-refractivity contribution < 1.29 is 8.81 Å². The molecule has 0 aliphatic carbocycles. The zero-order valence-corrected chi connectivity index (χ0v) is 23.1. The van der Waals surface area contributed by atoms with Gasteiger partial charge >= 0.3 is 0 Å². The number of oxazole rings is 1. The molecule has 39 heavy (non-hydrogen) atoms. The lowest BCUT2D eigenvalue weighted by molar-refractivity contribution is 0.114. The average Bonchev–Trinajstić information content (AvgIpc) is 3.40. The Bertz CT molecular complexity index is 1610. The van der Waals surface area contributed by atoms with E-state index in [2.05, 4.69) is 55.5 Å². The number of halogens is 1. The fourth-order valence-electron chi connectivity index (χ4n) is 5.32. The van der Waals surface area contributed by atoms with Crippen LogP contribution < -0.4 is 10.5 Å². The molecule has 3 atom stereocenters. The van der Waals surface area contributed by atoms with Crippen molar-refractivity contribution in [2.45, 2.75) is 58.2 Å². The second-order valence-corrected chi connectivity index (χ2v) is 11.4. The smallest absolute Gasteiger partial charge is 0.252 e. The highest BCUT2D eigenvalue weighted by Crippen LogP contribution is 2.36. The molecule has 3 aromatic heterocycles. The average molecular weight is 529 g/mol. The maximum absolute atomic E-state index is 13.9. The topological polar surface area (TPSA) is 91.2 Å². The van der Waals surface area contributed by atoms with Gasteiger partial charge in [0.05, 0.1) is 16.9 Å². The number of rotatable bonds is 4. The van der Waals surface area contributed by atoms with E-state index in [4.69, 9.17) is 9.40 Å². The maximum Gasteiger partial charge on any atom is 0.252 e. The minimum absolute atomic E-state index is 0.0101. The molecule has 202 valence electrons. The molecule has 0 unspecified atom stereocenters. The number of nitriles is 1. The van der Waals surface area contributed by atoms with Crippen molar-refractivity contribution in [3.05, 3.63) is 87.7 Å². The summed E-state index contributed by atoms with van der Waals surface area (Å²) in [6, 6.07) is 13.3. The zero-order valence-electron chi connectivity index (χ0n) is 23.1. The Balaban J connectivity index is 1.55. The van der Waals surface area contributed by atoms with Crippen molar-refractivity contribution in [2.75, 3.05) is 18.0 Å². The van der Waals surface area contributed by atoms with Crippen LogP contribution in [0, 0.1) is 17.1 Å². The van der Waals surface area contributed by atoms with Crippen molar-refractivity contribution in [1.82, 2.24) is 19.4 Å². The number of hydrogen-bond acceptors (Lipinski definition) is 7. The predicted molar refractivity (Wildman–Crippen MR) is 148 cm³/mol. The number of fused-ring (bicyclic) bond motifs is 1. The number of benzene rings is 1. The van der Waals surface area contributed by atoms with E-state index < -0.39 is 0 Å². The molecule has 1 aliphatic rings. The van der Waals surface area contributed by atoms with Gasteiger partial charge in [0.1, 0.15) is 35.4 Å². The minimum atomic E-state index is -0.315. The Morgan fingerprint density at radius 2 is 1.79 bits per heavy atom. The van der Waals surface area contributed by atoms with E-state index in [0.29, 0.717) is 41.4 Å². The number of anilines is 1. The first-order valence-electron chi connectivity index (χ1n) is 13.1. The number of piperazine rings is 1. The normalized spacial score (nSPS) is 19.3. The van der Waals surface area contributed by atoms with Gasteiger partial charge in [0.25, 0.3) is 5.56 Å². The molecule has 0 bridgehead atoms. The summed E-state index contributed by atoms with van der Waals surface area (Å²) >= 11 is 0. The number of hydrogen-bond donors (Lipinski definition) is 0. The van der Waals surface area contributed by atoms with Gasteiger partial charge in [0, 0.05) is 43.7 Å². The highest BCUT2D eigenvalue weighted by atomic mass is 19.1. The molecule has 0 radical (unpaired) electrons. The third kappa shape index (κ3) is 4.92. The van der Waals surface area contributed by atoms with E-state index in [1.165, 1.54) is 12.1 Å². The van der Waals surface area contributed by atoms with E-state index in [9.17, 15) is 14.4 Å². The summed E-state index contributed by atoms with van der Waals surface area (Å²) in [7, 11) is 1.71. The summed E-state index contributed by atoms with van der Waals surface area (Å²) in [5.74, 6) is 0.270. The summed E-state index contributed by atoms with van der Waals surface area (Å²) < 4.78 is 21.5. The van der Waals surface area contributed by atoms with E-state index in [1.807, 2.05) is 0 Å². The lowest BCUT2D eigenvalue weighted by atomic mass is 9.93. The first-order chi connectivity index (χ1) is 18.5. The van der Waals surface area contributed by atoms with Crippen LogP contribution in [-0.4, -0.2) is 44.6 Å². The molecule has 0 spiro atoms. The lowest BCUT2D eigenvalue weighted by Crippen LogP contribution is -2.57. The van der Waals surface area contributed by atoms with Crippen LogP contribution in [0.25, 0.3) is 11.0 Å². The highest BCUT2D eigenvalue weighted by molar-refractivity contribution is 5.89. The zero-order chi connectivity index (χ0) is 28.1. The van der Waals surface area contributed by atoms with E-state index in [0.717, 1.165) is 11.3 Å². The molecule has 0 N–H and O–H groups in total. The summed E-state index contributed by atoms with van der Waals surface area (Å²) in [6.45, 7) is 11.7. The van der Waals surface area contributed by atoms with Crippen LogP contribution >= 0.6 is 0 Å². The number of pyridine rings is 2. The number of aromatic nitrogens is 3. The van der Waals surface area contributed by atoms with Crippen LogP contribution in [0.4, 0.5) is 10.1 Å². The van der Waals surface area contributed by atoms with Crippen LogP contribution in [0.3, 0.4) is 0 Å². The van der Waals surface area contributed by atoms with Crippen molar-refractivity contribution in [3.63, 3.8) is 0 Å². The molecule has 1 aliphatic heterocycles. The number of nitrogens with zero attached hydrogens (tertiary/aromatic N) is 6. The molecule has 5 rings (SSSR count). The fourth-order valence-corrected chi connectivity index (χ4v) is 5.32. The summed E-state index contributed by atoms with van der Waals surface area (Å²) in [6.07, 6.45) is 1.71. The second-order valence-electron chi connectivity index (χ2n) is 11.4. The molecule has 1 saturated heterocycles. The summed E-state index contributed by atoms with van der Waals surface area (Å²) in [4.78, 5) is 26.8. The van der Waals surface area contributed by atoms with Crippen LogP contribution in [0.2, 0.25) is 0 Å². The molecule has 1 aromatic carbocycles. The molecule has 0 saturated carbocycles. The standard InChI is InChI=1S/C30H33FN6O2/c1-18-16-37(28(20-7-9-21(31)10-8-20)29-34-25(17-39-29)30(3,4)5)19(2)15-36(18)24-13-26(38)35(6)23-12-11-22(14-32)33-27(23)24/h7-13,17-19,28H,15-16H2,1-6H3/t18-,19+,28+/m0/s1. The van der Waals surface area contributed by atoms with Crippen LogP contribution in [0.5, 0.6) is 0 Å². The van der Waals surface area contributed by atoms with Gasteiger partial charge in [0.15, 0.2) is 0 Å². The van der Waals surface area contributed by atoms with Gasteiger partial charge < -0.3 is 13.9 Å². The van der Waals surface area contributed by atoms with Gasteiger partial charge in [0.2, 0.25) is 5.89 Å². The van der Waals surface area contributed by atoms with Crippen molar-refractivity contribution in [3.8, 4) is 6.07 Å². The van der Waals surface area contributed by atoms with E-state index in [1.54, 1.807) is 48.2 Å². The van der Waals surface area contributed by atoms with Crippen LogP contribution in [0.1, 0.15) is 63.5 Å². The van der Waals surface area contributed by atoms with Crippen LogP contribution in [0.15, 0.2) is 57.9 Å². The largest absolute Gasteiger partial charge is 0.447 e. The van der Waals surface area contributed by atoms with Crippen molar-refractivity contribution in [1.29, 1.82) is 5.26 Å². The Morgan fingerprint density at radius 1 is 1.08 bits per heavy atom. The van der Waals surface area contributed by atoms with E-state index in [-0.39, 0.29) is 34.9 Å². The maximum atomic E-state index is 13.9. The lowest BCUT2D eigenvalue weighted by Gasteiger charge is -2.47. The molecular formula is C30H33FN6O2. The first kappa shape index (κ1) is 26.6. The van der Waals surface area contributed by atoms with Gasteiger partial charge in [-0.15, -0.1) is 0 Å². The molecule has 9 heteroatoms. The van der Waals surface area contributed by atoms with Crippen molar-refractivity contribution in [2.24, 2.45) is 7.05 Å². The van der Waals surface area contributed by atoms with Crippen LogP contribution in [-0.2, 0) is 12.5 Å². The molecular weight excluding hydrogens is 495 g/mol. The molecule has 8 nitrogen and oxygen atoms in total. The van der Waals surface area contributed by atoms with Crippen molar-refractivity contribution >= 4 is 16.7 Å². The monoisotopic (exact) mass is 528 g/mol. The second kappa shape index (κ2) is 9.93.